The Labute approximate surface area is 105 Å². The molecule has 1 N–H and O–H groups in total. The Balaban J connectivity index is 2.23. The number of carbonyl (C=O) groups is 1. The molecular weight excluding hydrogens is 216 g/mol. The van der Waals surface area contributed by atoms with Crippen molar-refractivity contribution in [1.82, 2.24) is 10.2 Å². The van der Waals surface area contributed by atoms with E-state index in [4.69, 9.17) is 4.74 Å². The molecule has 100 valence electrons. The Morgan fingerprint density at radius 2 is 2.12 bits per heavy atom. The number of amides is 1. The molecular formula is C13H26N2O2. The number of carbonyl (C=O) groups excluding carboxylic acids is 1. The van der Waals surface area contributed by atoms with Crippen molar-refractivity contribution in [3.63, 3.8) is 0 Å². The molecule has 1 aliphatic rings. The first-order valence-electron chi connectivity index (χ1n) is 6.70. The number of ether oxygens (including phenoxy) is 1. The second-order valence-electron chi connectivity index (χ2n) is 5.14. The third kappa shape index (κ3) is 4.28. The summed E-state index contributed by atoms with van der Waals surface area (Å²) < 4.78 is 5.56. The molecule has 17 heavy (non-hydrogen) atoms. The molecule has 1 saturated heterocycles. The van der Waals surface area contributed by atoms with Gasteiger partial charge >= 0.3 is 0 Å². The third-order valence-electron chi connectivity index (χ3n) is 3.17. The van der Waals surface area contributed by atoms with E-state index in [2.05, 4.69) is 26.1 Å². The topological polar surface area (TPSA) is 41.6 Å². The van der Waals surface area contributed by atoms with Gasteiger partial charge in [0.25, 0.3) is 0 Å². The van der Waals surface area contributed by atoms with Gasteiger partial charge in [0.05, 0.1) is 18.8 Å². The van der Waals surface area contributed by atoms with E-state index in [1.165, 1.54) is 0 Å². The molecule has 0 saturated carbocycles. The van der Waals surface area contributed by atoms with E-state index < -0.39 is 0 Å². The Morgan fingerprint density at radius 3 is 2.71 bits per heavy atom. The highest BCUT2D eigenvalue weighted by Crippen LogP contribution is 2.12. The zero-order valence-electron chi connectivity index (χ0n) is 11.5. The first-order chi connectivity index (χ1) is 8.06. The summed E-state index contributed by atoms with van der Waals surface area (Å²) in [5, 5.41) is 3.28. The van der Waals surface area contributed by atoms with Crippen molar-refractivity contribution in [2.75, 3.05) is 19.8 Å². The summed E-state index contributed by atoms with van der Waals surface area (Å²) in [5.74, 6) is 0.873. The first-order valence-corrected chi connectivity index (χ1v) is 6.70. The third-order valence-corrected chi connectivity index (χ3v) is 3.17. The fraction of sp³-hybridized carbons (Fsp3) is 0.923. The zero-order valence-corrected chi connectivity index (χ0v) is 11.5. The van der Waals surface area contributed by atoms with E-state index in [9.17, 15) is 4.79 Å². The molecule has 1 heterocycles. The number of hydrogen-bond donors (Lipinski definition) is 1. The SMILES string of the molecule is CCC1NC(C)C(=O)N1CCOCCC(C)C. The molecule has 2 atom stereocenters. The van der Waals surface area contributed by atoms with Crippen LogP contribution in [-0.4, -0.2) is 42.8 Å². The highest BCUT2D eigenvalue weighted by Gasteiger charge is 2.34. The molecule has 0 aromatic carbocycles. The van der Waals surface area contributed by atoms with Crippen molar-refractivity contribution >= 4 is 5.91 Å². The second kappa shape index (κ2) is 6.97. The monoisotopic (exact) mass is 242 g/mol. The zero-order chi connectivity index (χ0) is 12.8. The number of nitrogens with one attached hydrogen (secondary N) is 1. The molecule has 1 aliphatic heterocycles. The van der Waals surface area contributed by atoms with Crippen LogP contribution in [0.4, 0.5) is 0 Å². The Kier molecular flexibility index (Phi) is 5.92. The normalized spacial score (nSPS) is 25.0. The molecule has 1 rings (SSSR count). The summed E-state index contributed by atoms with van der Waals surface area (Å²) in [7, 11) is 0. The van der Waals surface area contributed by atoms with Crippen LogP contribution in [0.2, 0.25) is 0 Å². The lowest BCUT2D eigenvalue weighted by molar-refractivity contribution is -0.130. The van der Waals surface area contributed by atoms with Crippen molar-refractivity contribution in [2.24, 2.45) is 5.92 Å². The van der Waals surface area contributed by atoms with Gasteiger partial charge in [-0.2, -0.15) is 0 Å². The molecule has 4 heteroatoms. The predicted molar refractivity (Wildman–Crippen MR) is 68.7 cm³/mol. The van der Waals surface area contributed by atoms with Gasteiger partial charge in [-0.3, -0.25) is 10.1 Å². The summed E-state index contributed by atoms with van der Waals surface area (Å²) in [6, 6.07) is -0.0457. The largest absolute Gasteiger partial charge is 0.380 e. The predicted octanol–water partition coefficient (Wildman–Crippen LogP) is 1.61. The molecule has 0 radical (unpaired) electrons. The average Bonchev–Trinajstić information content (AvgIpc) is 2.55. The van der Waals surface area contributed by atoms with Gasteiger partial charge in [0.15, 0.2) is 0 Å². The van der Waals surface area contributed by atoms with Crippen molar-refractivity contribution in [2.45, 2.75) is 52.7 Å². The maximum atomic E-state index is 11.9. The van der Waals surface area contributed by atoms with Gasteiger partial charge in [-0.25, -0.2) is 0 Å². The Hall–Kier alpha value is -0.610. The fourth-order valence-corrected chi connectivity index (χ4v) is 2.04. The molecule has 0 aromatic rings. The lowest BCUT2D eigenvalue weighted by Gasteiger charge is -2.23. The number of hydrogen-bond acceptors (Lipinski definition) is 3. The van der Waals surface area contributed by atoms with Crippen LogP contribution in [0, 0.1) is 5.92 Å². The molecule has 1 fully saturated rings. The smallest absolute Gasteiger partial charge is 0.240 e. The molecule has 2 unspecified atom stereocenters. The van der Waals surface area contributed by atoms with Gasteiger partial charge < -0.3 is 9.64 Å². The van der Waals surface area contributed by atoms with E-state index in [0.29, 0.717) is 19.1 Å². The van der Waals surface area contributed by atoms with Gasteiger partial charge in [0, 0.05) is 13.2 Å². The summed E-state index contributed by atoms with van der Waals surface area (Å²) in [5.41, 5.74) is 0. The van der Waals surface area contributed by atoms with E-state index in [-0.39, 0.29) is 18.1 Å². The van der Waals surface area contributed by atoms with Gasteiger partial charge in [0.1, 0.15) is 0 Å². The Morgan fingerprint density at radius 1 is 1.41 bits per heavy atom. The van der Waals surface area contributed by atoms with Crippen molar-refractivity contribution in [3.05, 3.63) is 0 Å². The van der Waals surface area contributed by atoms with Crippen LogP contribution in [0.5, 0.6) is 0 Å². The van der Waals surface area contributed by atoms with E-state index in [1.54, 1.807) is 0 Å². The summed E-state index contributed by atoms with van der Waals surface area (Å²) in [6.45, 7) is 10.5. The Bertz CT molecular complexity index is 244. The fourth-order valence-electron chi connectivity index (χ4n) is 2.04. The maximum Gasteiger partial charge on any atom is 0.240 e. The number of nitrogens with zero attached hydrogens (tertiary/aromatic N) is 1. The van der Waals surface area contributed by atoms with Crippen LogP contribution in [0.1, 0.15) is 40.5 Å². The van der Waals surface area contributed by atoms with Crippen LogP contribution >= 0.6 is 0 Å². The van der Waals surface area contributed by atoms with E-state index in [0.717, 1.165) is 19.4 Å². The van der Waals surface area contributed by atoms with Crippen LogP contribution in [0.3, 0.4) is 0 Å². The average molecular weight is 242 g/mol. The van der Waals surface area contributed by atoms with E-state index in [1.807, 2.05) is 11.8 Å². The first kappa shape index (κ1) is 14.5. The quantitative estimate of drug-likeness (QED) is 0.690. The molecule has 0 aromatic heterocycles. The molecule has 0 spiro atoms. The van der Waals surface area contributed by atoms with Gasteiger partial charge in [-0.05, 0) is 25.7 Å². The van der Waals surface area contributed by atoms with Crippen LogP contribution in [-0.2, 0) is 9.53 Å². The summed E-state index contributed by atoms with van der Waals surface area (Å²) in [6.07, 6.45) is 2.22. The van der Waals surface area contributed by atoms with Gasteiger partial charge in [-0.1, -0.05) is 20.8 Å². The van der Waals surface area contributed by atoms with Crippen LogP contribution < -0.4 is 5.32 Å². The lowest BCUT2D eigenvalue weighted by Crippen LogP contribution is -2.39. The molecule has 0 aliphatic carbocycles. The van der Waals surface area contributed by atoms with Crippen molar-refractivity contribution < 1.29 is 9.53 Å². The molecule has 4 nitrogen and oxygen atoms in total. The van der Waals surface area contributed by atoms with Crippen LogP contribution in [0.25, 0.3) is 0 Å². The maximum absolute atomic E-state index is 11.9. The second-order valence-corrected chi connectivity index (χ2v) is 5.14. The lowest BCUT2D eigenvalue weighted by atomic mass is 10.1. The highest BCUT2D eigenvalue weighted by molar-refractivity contribution is 5.83. The number of rotatable bonds is 7. The van der Waals surface area contributed by atoms with E-state index >= 15 is 0 Å². The van der Waals surface area contributed by atoms with Crippen molar-refractivity contribution in [1.29, 1.82) is 0 Å². The van der Waals surface area contributed by atoms with Crippen molar-refractivity contribution in [3.8, 4) is 0 Å². The summed E-state index contributed by atoms with van der Waals surface area (Å²) >= 11 is 0. The summed E-state index contributed by atoms with van der Waals surface area (Å²) in [4.78, 5) is 13.8. The minimum atomic E-state index is -0.0457. The minimum absolute atomic E-state index is 0.0457. The standard InChI is InChI=1S/C13H26N2O2/c1-5-12-14-11(4)13(16)15(12)7-9-17-8-6-10(2)3/h10-12,14H,5-9H2,1-4H3. The molecule has 0 bridgehead atoms. The minimum Gasteiger partial charge on any atom is -0.380 e. The molecule has 1 amide bonds. The van der Waals surface area contributed by atoms with Gasteiger partial charge in [0.2, 0.25) is 5.91 Å². The van der Waals surface area contributed by atoms with Gasteiger partial charge in [-0.15, -0.1) is 0 Å². The highest BCUT2D eigenvalue weighted by atomic mass is 16.5. The van der Waals surface area contributed by atoms with Crippen LogP contribution in [0.15, 0.2) is 0 Å².